The lowest BCUT2D eigenvalue weighted by Crippen LogP contribution is -2.55. The summed E-state index contributed by atoms with van der Waals surface area (Å²) in [6, 6.07) is 5.50. The van der Waals surface area contributed by atoms with E-state index >= 15 is 0 Å². The van der Waals surface area contributed by atoms with Crippen LogP contribution in [0.4, 0.5) is 0 Å². The van der Waals surface area contributed by atoms with Crippen molar-refractivity contribution in [3.63, 3.8) is 0 Å². The van der Waals surface area contributed by atoms with Crippen LogP contribution >= 0.6 is 0 Å². The maximum absolute atomic E-state index is 13.1. The highest BCUT2D eigenvalue weighted by molar-refractivity contribution is 5.88. The summed E-state index contributed by atoms with van der Waals surface area (Å²) in [5, 5.41) is 68.6. The molecule has 0 amide bonds. The first-order valence-electron chi connectivity index (χ1n) is 9.05. The summed E-state index contributed by atoms with van der Waals surface area (Å²) in [7, 11) is 0. The first kappa shape index (κ1) is 20.8. The Balaban J connectivity index is 1.92. The Labute approximate surface area is 173 Å². The molecule has 1 aliphatic rings. The molecule has 0 aliphatic carbocycles. The molecular weight excluding hydrogens is 416 g/mol. The van der Waals surface area contributed by atoms with E-state index in [0.29, 0.717) is 0 Å². The largest absolute Gasteiger partial charge is 0.508 e. The van der Waals surface area contributed by atoms with Gasteiger partial charge in [-0.3, -0.25) is 4.79 Å². The lowest BCUT2D eigenvalue weighted by molar-refractivity contribution is -0.242. The van der Waals surface area contributed by atoms with Crippen LogP contribution in [-0.2, 0) is 4.74 Å². The molecule has 2 aromatic carbocycles. The summed E-state index contributed by atoms with van der Waals surface area (Å²) in [6.07, 6.45) is -6.29. The summed E-state index contributed by atoms with van der Waals surface area (Å²) < 4.78 is 16.3. The van der Waals surface area contributed by atoms with Crippen molar-refractivity contribution in [1.29, 1.82) is 0 Å². The van der Waals surface area contributed by atoms with Crippen LogP contribution in [0, 0.1) is 0 Å². The minimum Gasteiger partial charge on any atom is -0.508 e. The fraction of sp³-hybridized carbons (Fsp3) is 0.250. The van der Waals surface area contributed by atoms with E-state index in [9.17, 15) is 40.5 Å². The van der Waals surface area contributed by atoms with Gasteiger partial charge in [-0.25, -0.2) is 0 Å². The average Bonchev–Trinajstić information content (AvgIpc) is 2.71. The maximum Gasteiger partial charge on any atom is 0.239 e. The third kappa shape index (κ3) is 3.59. The molecule has 11 heteroatoms. The second kappa shape index (κ2) is 7.63. The van der Waals surface area contributed by atoms with Crippen molar-refractivity contribution < 1.29 is 49.6 Å². The zero-order valence-corrected chi connectivity index (χ0v) is 15.7. The highest BCUT2D eigenvalue weighted by Crippen LogP contribution is 2.39. The molecule has 1 saturated heterocycles. The van der Waals surface area contributed by atoms with E-state index in [0.717, 1.165) is 24.3 Å². The molecule has 4 rings (SSSR count). The highest BCUT2D eigenvalue weighted by Gasteiger charge is 2.40. The fourth-order valence-corrected chi connectivity index (χ4v) is 3.23. The van der Waals surface area contributed by atoms with Gasteiger partial charge in [0.05, 0.1) is 6.61 Å². The number of benzene rings is 2. The summed E-state index contributed by atoms with van der Waals surface area (Å²) in [5.41, 5.74) is -1.05. The number of fused-ring (bicyclic) bond motifs is 1. The number of aliphatic hydroxyl groups excluding tert-OH is 3. The molecule has 7 N–H and O–H groups in total. The van der Waals surface area contributed by atoms with E-state index in [4.69, 9.17) is 13.9 Å². The lowest BCUT2D eigenvalue weighted by atomic mass is 10.1. The van der Waals surface area contributed by atoms with Gasteiger partial charge in [-0.1, -0.05) is 0 Å². The van der Waals surface area contributed by atoms with E-state index in [-0.39, 0.29) is 28.0 Å². The minimum absolute atomic E-state index is 0.0676. The van der Waals surface area contributed by atoms with Gasteiger partial charge in [-0.2, -0.15) is 0 Å². The van der Waals surface area contributed by atoms with Gasteiger partial charge in [0, 0.05) is 17.7 Å². The number of aromatic hydroxyl groups is 4. The van der Waals surface area contributed by atoms with Crippen molar-refractivity contribution in [1.82, 2.24) is 0 Å². The number of hydrogen-bond acceptors (Lipinski definition) is 11. The Bertz CT molecular complexity index is 1200. The molecular formula is C20H18O11. The van der Waals surface area contributed by atoms with Crippen LogP contribution in [-0.4, -0.2) is 67.0 Å². The van der Waals surface area contributed by atoms with Crippen molar-refractivity contribution in [2.24, 2.45) is 0 Å². The number of phenolic OH excluding ortho intramolecular Hbond substituents is 4. The monoisotopic (exact) mass is 434 g/mol. The SMILES string of the molecule is O=c1c(O[C@@H]2OC[C@@H](O)[C@@H](O)[C@H]2O)c(-c2ccc(O)c(O)c2)oc2cc(O)cc(O)c12. The molecule has 164 valence electrons. The topological polar surface area (TPSA) is 190 Å². The number of rotatable bonds is 3. The Morgan fingerprint density at radius 3 is 2.35 bits per heavy atom. The Hall–Kier alpha value is -3.51. The van der Waals surface area contributed by atoms with Gasteiger partial charge in [-0.05, 0) is 18.2 Å². The lowest BCUT2D eigenvalue weighted by Gasteiger charge is -2.34. The van der Waals surface area contributed by atoms with Crippen molar-refractivity contribution in [3.05, 3.63) is 40.6 Å². The first-order valence-corrected chi connectivity index (χ1v) is 9.05. The van der Waals surface area contributed by atoms with Gasteiger partial charge in [0.1, 0.15) is 40.8 Å². The van der Waals surface area contributed by atoms with Crippen LogP contribution in [0.15, 0.2) is 39.5 Å². The molecule has 2 heterocycles. The van der Waals surface area contributed by atoms with Crippen LogP contribution in [0.1, 0.15) is 0 Å². The van der Waals surface area contributed by atoms with Gasteiger partial charge >= 0.3 is 0 Å². The quantitative estimate of drug-likeness (QED) is 0.277. The predicted octanol–water partition coefficient (Wildman–Crippen LogP) is 0.100. The first-order chi connectivity index (χ1) is 14.7. The predicted molar refractivity (Wildman–Crippen MR) is 103 cm³/mol. The summed E-state index contributed by atoms with van der Waals surface area (Å²) in [5.74, 6) is -2.79. The number of phenols is 4. The minimum atomic E-state index is -1.73. The zero-order chi connectivity index (χ0) is 22.4. The van der Waals surface area contributed by atoms with Gasteiger partial charge in [0.25, 0.3) is 0 Å². The van der Waals surface area contributed by atoms with Crippen LogP contribution in [0.5, 0.6) is 28.7 Å². The second-order valence-electron chi connectivity index (χ2n) is 7.00. The van der Waals surface area contributed by atoms with Crippen LogP contribution in [0.3, 0.4) is 0 Å². The van der Waals surface area contributed by atoms with Crippen LogP contribution < -0.4 is 10.2 Å². The highest BCUT2D eigenvalue weighted by atomic mass is 16.7. The molecule has 1 fully saturated rings. The molecule has 1 aromatic heterocycles. The Kier molecular flexibility index (Phi) is 5.11. The third-order valence-electron chi connectivity index (χ3n) is 4.84. The Morgan fingerprint density at radius 1 is 0.903 bits per heavy atom. The second-order valence-corrected chi connectivity index (χ2v) is 7.00. The molecule has 11 nitrogen and oxygen atoms in total. The maximum atomic E-state index is 13.1. The molecule has 1 aliphatic heterocycles. The molecule has 3 aromatic rings. The molecule has 0 saturated carbocycles. The van der Waals surface area contributed by atoms with Crippen molar-refractivity contribution in [3.8, 4) is 40.1 Å². The molecule has 31 heavy (non-hydrogen) atoms. The van der Waals surface area contributed by atoms with E-state index < -0.39 is 59.6 Å². The third-order valence-corrected chi connectivity index (χ3v) is 4.84. The number of hydrogen-bond donors (Lipinski definition) is 7. The number of aliphatic hydroxyl groups is 3. The molecule has 4 atom stereocenters. The van der Waals surface area contributed by atoms with E-state index in [1.54, 1.807) is 0 Å². The molecule has 0 bridgehead atoms. The molecule has 0 unspecified atom stereocenters. The van der Waals surface area contributed by atoms with Crippen LogP contribution in [0.25, 0.3) is 22.3 Å². The van der Waals surface area contributed by atoms with Crippen molar-refractivity contribution in [2.75, 3.05) is 6.61 Å². The van der Waals surface area contributed by atoms with E-state index in [2.05, 4.69) is 0 Å². The van der Waals surface area contributed by atoms with E-state index in [1.807, 2.05) is 0 Å². The van der Waals surface area contributed by atoms with Gasteiger partial charge < -0.3 is 49.6 Å². The zero-order valence-electron chi connectivity index (χ0n) is 15.7. The van der Waals surface area contributed by atoms with Crippen molar-refractivity contribution >= 4 is 11.0 Å². The van der Waals surface area contributed by atoms with Gasteiger partial charge in [0.15, 0.2) is 17.3 Å². The molecule has 0 radical (unpaired) electrons. The normalized spacial score (nSPS) is 23.7. The van der Waals surface area contributed by atoms with Gasteiger partial charge in [-0.15, -0.1) is 0 Å². The Morgan fingerprint density at radius 2 is 1.65 bits per heavy atom. The standard InChI is InChI=1S/C20H18O11/c21-8-4-11(24)14-13(5-8)30-18(7-1-2-9(22)10(23)3-7)19(16(14)27)31-20-17(28)15(26)12(25)6-29-20/h1-5,12,15,17,20-26,28H,6H2/t12-,15-,17-,20+/m1/s1. The smallest absolute Gasteiger partial charge is 0.239 e. The van der Waals surface area contributed by atoms with Crippen LogP contribution in [0.2, 0.25) is 0 Å². The molecule has 0 spiro atoms. The van der Waals surface area contributed by atoms with Gasteiger partial charge in [0.2, 0.25) is 17.5 Å². The van der Waals surface area contributed by atoms with Crippen molar-refractivity contribution in [2.45, 2.75) is 24.6 Å². The summed E-state index contributed by atoms with van der Waals surface area (Å²) >= 11 is 0. The average molecular weight is 434 g/mol. The summed E-state index contributed by atoms with van der Waals surface area (Å²) in [4.78, 5) is 13.1. The fourth-order valence-electron chi connectivity index (χ4n) is 3.23. The van der Waals surface area contributed by atoms with E-state index in [1.165, 1.54) is 6.07 Å². The summed E-state index contributed by atoms with van der Waals surface area (Å²) in [6.45, 7) is -0.393. The number of ether oxygens (including phenoxy) is 2.